The Morgan fingerprint density at radius 2 is 1.78 bits per heavy atom. The maximum Gasteiger partial charge on any atom is 0.346 e. The van der Waals surface area contributed by atoms with Crippen LogP contribution in [0.1, 0.15) is 26.2 Å². The molecule has 8 nitrogen and oxygen atoms in total. The summed E-state index contributed by atoms with van der Waals surface area (Å²) in [5.41, 5.74) is 6.42. The highest BCUT2D eigenvalue weighted by Gasteiger charge is 2.17. The predicted octanol–water partition coefficient (Wildman–Crippen LogP) is 3.68. The number of aryl methyl sites for hydroxylation is 1. The van der Waals surface area contributed by atoms with Crippen molar-refractivity contribution in [3.8, 4) is 11.4 Å². The van der Waals surface area contributed by atoms with Crippen LogP contribution in [-0.2, 0) is 17.9 Å². The number of halogens is 1. The highest BCUT2D eigenvalue weighted by molar-refractivity contribution is 9.10. The summed E-state index contributed by atoms with van der Waals surface area (Å²) >= 11 is 8.58. The maximum atomic E-state index is 12.9. The zero-order valence-corrected chi connectivity index (χ0v) is 20.1. The van der Waals surface area contributed by atoms with E-state index in [2.05, 4.69) is 44.1 Å². The Labute approximate surface area is 200 Å². The number of amides is 1. The van der Waals surface area contributed by atoms with Gasteiger partial charge in [0.1, 0.15) is 6.54 Å². The van der Waals surface area contributed by atoms with Crippen LogP contribution in [0, 0.1) is 0 Å². The van der Waals surface area contributed by atoms with Crippen molar-refractivity contribution in [3.05, 3.63) is 69.6 Å². The van der Waals surface area contributed by atoms with Crippen molar-refractivity contribution in [2.24, 2.45) is 0 Å². The molecule has 1 amide bonds. The van der Waals surface area contributed by atoms with Crippen molar-refractivity contribution in [3.63, 3.8) is 0 Å². The highest BCUT2D eigenvalue weighted by Crippen LogP contribution is 2.15. The largest absolute Gasteiger partial charge is 0.346 e. The zero-order valence-electron chi connectivity index (χ0n) is 17.7. The number of carbonyl (C=O) groups excluding carboxylic acids is 1. The molecule has 0 aliphatic heterocycles. The average molecular weight is 517 g/mol. The molecule has 1 aromatic heterocycles. The van der Waals surface area contributed by atoms with Crippen molar-refractivity contribution in [1.29, 1.82) is 0 Å². The third-order valence-corrected chi connectivity index (χ3v) is 5.38. The van der Waals surface area contributed by atoms with E-state index >= 15 is 0 Å². The van der Waals surface area contributed by atoms with Crippen LogP contribution in [0.5, 0.6) is 0 Å². The fourth-order valence-corrected chi connectivity index (χ4v) is 3.48. The predicted molar refractivity (Wildman–Crippen MR) is 133 cm³/mol. The zero-order chi connectivity index (χ0) is 22.9. The lowest BCUT2D eigenvalue weighted by Gasteiger charge is -2.12. The molecule has 0 atom stereocenters. The molecule has 2 aromatic carbocycles. The summed E-state index contributed by atoms with van der Waals surface area (Å²) in [6.45, 7) is 2.43. The van der Waals surface area contributed by atoms with Gasteiger partial charge in [-0.2, -0.15) is 0 Å². The Bertz CT molecular complexity index is 1110. The molecule has 0 saturated carbocycles. The van der Waals surface area contributed by atoms with E-state index in [9.17, 15) is 9.59 Å². The molecular formula is C22H25BrN6O2S. The van der Waals surface area contributed by atoms with E-state index in [4.69, 9.17) is 12.2 Å². The number of rotatable bonds is 8. The topological polar surface area (TPSA) is 93.0 Å². The van der Waals surface area contributed by atoms with Gasteiger partial charge >= 0.3 is 5.69 Å². The molecule has 10 heteroatoms. The molecule has 0 saturated heterocycles. The Morgan fingerprint density at radius 1 is 1.06 bits per heavy atom. The van der Waals surface area contributed by atoms with Gasteiger partial charge < -0.3 is 5.32 Å². The molecule has 0 aliphatic carbocycles. The van der Waals surface area contributed by atoms with E-state index in [0.717, 1.165) is 35.0 Å². The lowest BCUT2D eigenvalue weighted by Crippen LogP contribution is -2.46. The summed E-state index contributed by atoms with van der Waals surface area (Å²) in [6, 6.07) is 16.8. The van der Waals surface area contributed by atoms with Gasteiger partial charge in [-0.05, 0) is 42.9 Å². The molecule has 1 heterocycles. The lowest BCUT2D eigenvalue weighted by atomic mass is 10.2. The van der Waals surface area contributed by atoms with E-state index in [-0.39, 0.29) is 17.3 Å². The van der Waals surface area contributed by atoms with Gasteiger partial charge in [-0.15, -0.1) is 5.10 Å². The van der Waals surface area contributed by atoms with E-state index in [1.54, 1.807) is 0 Å². The van der Waals surface area contributed by atoms with Crippen molar-refractivity contribution < 1.29 is 4.79 Å². The molecule has 0 bridgehead atoms. The van der Waals surface area contributed by atoms with Crippen LogP contribution in [-0.4, -0.2) is 25.4 Å². The normalized spacial score (nSPS) is 10.6. The molecule has 3 rings (SSSR count). The Morgan fingerprint density at radius 3 is 2.47 bits per heavy atom. The van der Waals surface area contributed by atoms with E-state index < -0.39 is 5.91 Å². The molecule has 0 aliphatic rings. The second-order valence-electron chi connectivity index (χ2n) is 7.12. The molecule has 0 radical (unpaired) electrons. The van der Waals surface area contributed by atoms with Crippen LogP contribution >= 0.6 is 28.1 Å². The minimum atomic E-state index is -0.419. The van der Waals surface area contributed by atoms with Crippen LogP contribution in [0.3, 0.4) is 0 Å². The van der Waals surface area contributed by atoms with Crippen molar-refractivity contribution >= 4 is 44.9 Å². The smallest absolute Gasteiger partial charge is 0.331 e. The van der Waals surface area contributed by atoms with Gasteiger partial charge in [-0.1, -0.05) is 66.0 Å². The number of aromatic nitrogens is 3. The van der Waals surface area contributed by atoms with Gasteiger partial charge in [0.2, 0.25) is 0 Å². The van der Waals surface area contributed by atoms with Gasteiger partial charge in [0.25, 0.3) is 5.91 Å². The molecule has 0 spiro atoms. The molecule has 0 unspecified atom stereocenters. The quantitative estimate of drug-likeness (QED) is 0.240. The molecule has 3 N–H and O–H groups in total. The number of hydrogen-bond donors (Lipinski definition) is 3. The summed E-state index contributed by atoms with van der Waals surface area (Å²) in [7, 11) is 0. The maximum absolute atomic E-state index is 12.9. The van der Waals surface area contributed by atoms with Gasteiger partial charge in [-0.25, -0.2) is 9.48 Å². The van der Waals surface area contributed by atoms with E-state index in [0.29, 0.717) is 12.4 Å². The number of anilines is 1. The number of hydrogen-bond acceptors (Lipinski definition) is 4. The summed E-state index contributed by atoms with van der Waals surface area (Å²) < 4.78 is 3.76. The van der Waals surface area contributed by atoms with Crippen LogP contribution in [0.25, 0.3) is 11.4 Å². The van der Waals surface area contributed by atoms with Crippen LogP contribution in [0.15, 0.2) is 63.9 Å². The van der Waals surface area contributed by atoms with Gasteiger partial charge in [0.05, 0.1) is 0 Å². The van der Waals surface area contributed by atoms with Gasteiger partial charge in [-0.3, -0.25) is 20.2 Å². The fraction of sp³-hybridized carbons (Fsp3) is 0.273. The number of nitrogens with zero attached hydrogens (tertiary/aromatic N) is 3. The van der Waals surface area contributed by atoms with E-state index in [1.807, 2.05) is 54.6 Å². The van der Waals surface area contributed by atoms with Crippen molar-refractivity contribution in [2.75, 3.05) is 5.32 Å². The fourth-order valence-electron chi connectivity index (χ4n) is 3.05. The first-order valence-electron chi connectivity index (χ1n) is 10.3. The van der Waals surface area contributed by atoms with E-state index in [1.165, 1.54) is 9.25 Å². The molecular weight excluding hydrogens is 492 g/mol. The second kappa shape index (κ2) is 11.6. The summed E-state index contributed by atoms with van der Waals surface area (Å²) in [5, 5.41) is 7.69. The number of carbonyl (C=O) groups is 1. The minimum Gasteiger partial charge on any atom is -0.331 e. The Balaban J connectivity index is 1.68. The number of thiocarbonyl (C=S) groups is 1. The second-order valence-corrected chi connectivity index (χ2v) is 8.45. The third-order valence-electron chi connectivity index (χ3n) is 4.65. The van der Waals surface area contributed by atoms with Crippen LogP contribution in [0.4, 0.5) is 5.69 Å². The van der Waals surface area contributed by atoms with Crippen molar-refractivity contribution in [2.45, 2.75) is 39.3 Å². The SMILES string of the molecule is CCCCCn1nc(-c2ccccc2)n(CC(=O)NNC(=S)Nc2ccc(Br)cc2)c1=O. The number of hydrazine groups is 1. The first-order chi connectivity index (χ1) is 15.5. The average Bonchev–Trinajstić information content (AvgIpc) is 3.10. The third kappa shape index (κ3) is 6.51. The number of benzene rings is 2. The Hall–Kier alpha value is -2.98. The summed E-state index contributed by atoms with van der Waals surface area (Å²) in [4.78, 5) is 25.5. The standard InChI is InChI=1S/C22H25BrN6O2S/c1-2-3-7-14-29-22(31)28(20(27-29)16-8-5-4-6-9-16)15-19(30)25-26-21(32)24-18-12-10-17(23)11-13-18/h4-6,8-13H,2-3,7,14-15H2,1H3,(H,25,30)(H2,24,26,32). The van der Waals surface area contributed by atoms with Gasteiger partial charge in [0, 0.05) is 22.3 Å². The van der Waals surface area contributed by atoms with Crippen LogP contribution < -0.4 is 21.9 Å². The first kappa shape index (κ1) is 23.7. The van der Waals surface area contributed by atoms with Gasteiger partial charge in [0.15, 0.2) is 10.9 Å². The number of nitrogens with one attached hydrogen (secondary N) is 3. The van der Waals surface area contributed by atoms with Crippen LogP contribution in [0.2, 0.25) is 0 Å². The first-order valence-corrected chi connectivity index (χ1v) is 11.5. The van der Waals surface area contributed by atoms with Crippen molar-refractivity contribution in [1.82, 2.24) is 25.2 Å². The number of unbranched alkanes of at least 4 members (excludes halogenated alkanes) is 2. The summed E-state index contributed by atoms with van der Waals surface area (Å²) in [6.07, 6.45) is 2.90. The Kier molecular flexibility index (Phi) is 8.57. The lowest BCUT2D eigenvalue weighted by molar-refractivity contribution is -0.122. The molecule has 32 heavy (non-hydrogen) atoms. The monoisotopic (exact) mass is 516 g/mol. The molecule has 3 aromatic rings. The highest BCUT2D eigenvalue weighted by atomic mass is 79.9. The summed E-state index contributed by atoms with van der Waals surface area (Å²) in [5.74, 6) is 0.0372. The molecule has 0 fully saturated rings. The minimum absolute atomic E-state index is 0.190. The molecule has 168 valence electrons.